The van der Waals surface area contributed by atoms with Crippen molar-refractivity contribution >= 4 is 16.0 Å². The summed E-state index contributed by atoms with van der Waals surface area (Å²) in [6.45, 7) is 5.90. The van der Waals surface area contributed by atoms with E-state index in [-0.39, 0.29) is 23.8 Å². The molecule has 1 aliphatic rings. The van der Waals surface area contributed by atoms with Crippen molar-refractivity contribution in [1.82, 2.24) is 4.72 Å². The second-order valence-electron chi connectivity index (χ2n) is 6.94. The van der Waals surface area contributed by atoms with Crippen LogP contribution in [-0.2, 0) is 19.6 Å². The van der Waals surface area contributed by atoms with E-state index in [9.17, 15) is 13.2 Å². The number of methoxy groups -OCH3 is 1. The standard InChI is InChI=1S/C19H29NO5S/c1-5-19(6-2)12-15(16-11-14(3)7-8-17(16)25-19)9-10-26(22,23)20-13-18(21)24-4/h7-8,11,15,20H,5-6,9-10,12-13H2,1-4H3. The predicted octanol–water partition coefficient (Wildman–Crippen LogP) is 2.90. The molecule has 1 aromatic carbocycles. The molecular formula is C19H29NO5S. The fourth-order valence-electron chi connectivity index (χ4n) is 3.46. The fourth-order valence-corrected chi connectivity index (χ4v) is 4.54. The maximum Gasteiger partial charge on any atom is 0.320 e. The summed E-state index contributed by atoms with van der Waals surface area (Å²) in [5, 5.41) is 0. The zero-order valence-electron chi connectivity index (χ0n) is 16.0. The summed E-state index contributed by atoms with van der Waals surface area (Å²) in [7, 11) is -2.31. The lowest BCUT2D eigenvalue weighted by Crippen LogP contribution is -2.40. The number of sulfonamides is 1. The first-order valence-corrected chi connectivity index (χ1v) is 10.7. The molecule has 0 saturated carbocycles. The molecule has 0 radical (unpaired) electrons. The van der Waals surface area contributed by atoms with Crippen molar-refractivity contribution in [1.29, 1.82) is 0 Å². The quantitative estimate of drug-likeness (QED) is 0.698. The van der Waals surface area contributed by atoms with Crippen LogP contribution >= 0.6 is 0 Å². The number of esters is 1. The van der Waals surface area contributed by atoms with E-state index in [1.54, 1.807) is 0 Å². The van der Waals surface area contributed by atoms with Crippen molar-refractivity contribution in [2.75, 3.05) is 19.4 Å². The number of carbonyl (C=O) groups excluding carboxylic acids is 1. The van der Waals surface area contributed by atoms with Crippen LogP contribution in [0.2, 0.25) is 0 Å². The highest BCUT2D eigenvalue weighted by molar-refractivity contribution is 7.89. The molecule has 7 heteroatoms. The summed E-state index contributed by atoms with van der Waals surface area (Å²) in [5.74, 6) is 0.325. The smallest absolute Gasteiger partial charge is 0.320 e. The SMILES string of the molecule is CCC1(CC)CC(CCS(=O)(=O)NCC(=O)OC)c2cc(C)ccc2O1. The molecule has 0 fully saturated rings. The zero-order valence-corrected chi connectivity index (χ0v) is 16.8. The minimum Gasteiger partial charge on any atom is -0.487 e. The molecule has 1 N–H and O–H groups in total. The summed E-state index contributed by atoms with van der Waals surface area (Å²) < 4.78 is 37.5. The van der Waals surface area contributed by atoms with Gasteiger partial charge in [-0.15, -0.1) is 0 Å². The summed E-state index contributed by atoms with van der Waals surface area (Å²) >= 11 is 0. The molecular weight excluding hydrogens is 354 g/mol. The summed E-state index contributed by atoms with van der Waals surface area (Å²) in [5.41, 5.74) is 1.95. The van der Waals surface area contributed by atoms with Crippen LogP contribution in [0.3, 0.4) is 0 Å². The lowest BCUT2D eigenvalue weighted by molar-refractivity contribution is -0.139. The molecule has 2 rings (SSSR count). The molecule has 26 heavy (non-hydrogen) atoms. The van der Waals surface area contributed by atoms with Crippen LogP contribution in [-0.4, -0.2) is 39.4 Å². The average Bonchev–Trinajstić information content (AvgIpc) is 2.64. The van der Waals surface area contributed by atoms with Gasteiger partial charge in [-0.05, 0) is 50.2 Å². The van der Waals surface area contributed by atoms with E-state index in [4.69, 9.17) is 4.74 Å². The molecule has 0 aromatic heterocycles. The molecule has 146 valence electrons. The van der Waals surface area contributed by atoms with Crippen molar-refractivity contribution in [3.63, 3.8) is 0 Å². The van der Waals surface area contributed by atoms with Crippen LogP contribution in [0, 0.1) is 6.92 Å². The normalized spacial score (nSPS) is 18.7. The number of nitrogens with one attached hydrogen (secondary N) is 1. The second kappa shape index (κ2) is 8.39. The van der Waals surface area contributed by atoms with Crippen LogP contribution in [0.4, 0.5) is 0 Å². The lowest BCUT2D eigenvalue weighted by atomic mass is 9.78. The highest BCUT2D eigenvalue weighted by Gasteiger charge is 2.38. The van der Waals surface area contributed by atoms with Crippen LogP contribution in [0.1, 0.15) is 56.6 Å². The van der Waals surface area contributed by atoms with Crippen LogP contribution in [0.5, 0.6) is 5.75 Å². The van der Waals surface area contributed by atoms with Crippen molar-refractivity contribution in [3.8, 4) is 5.75 Å². The highest BCUT2D eigenvalue weighted by Crippen LogP contribution is 2.45. The number of aryl methyl sites for hydroxylation is 1. The maximum absolute atomic E-state index is 12.2. The fraction of sp³-hybridized carbons (Fsp3) is 0.632. The molecule has 1 heterocycles. The first kappa shape index (κ1) is 20.7. The van der Waals surface area contributed by atoms with Gasteiger partial charge < -0.3 is 9.47 Å². The Morgan fingerprint density at radius 2 is 2.04 bits per heavy atom. The van der Waals surface area contributed by atoms with E-state index in [1.165, 1.54) is 7.11 Å². The monoisotopic (exact) mass is 383 g/mol. The summed E-state index contributed by atoms with van der Waals surface area (Å²) in [6.07, 6.45) is 3.03. The Morgan fingerprint density at radius 3 is 2.65 bits per heavy atom. The van der Waals surface area contributed by atoms with Gasteiger partial charge in [0.15, 0.2) is 0 Å². The first-order chi connectivity index (χ1) is 12.2. The highest BCUT2D eigenvalue weighted by atomic mass is 32.2. The minimum atomic E-state index is -3.54. The number of carbonyl (C=O) groups is 1. The Morgan fingerprint density at radius 1 is 1.35 bits per heavy atom. The largest absolute Gasteiger partial charge is 0.487 e. The van der Waals surface area contributed by atoms with Gasteiger partial charge in [0.25, 0.3) is 0 Å². The lowest BCUT2D eigenvalue weighted by Gasteiger charge is -2.41. The Bertz CT molecular complexity index is 740. The number of ether oxygens (including phenoxy) is 2. The van der Waals surface area contributed by atoms with E-state index in [0.29, 0.717) is 6.42 Å². The predicted molar refractivity (Wildman–Crippen MR) is 101 cm³/mol. The van der Waals surface area contributed by atoms with Crippen molar-refractivity contribution < 1.29 is 22.7 Å². The van der Waals surface area contributed by atoms with E-state index in [0.717, 1.165) is 36.1 Å². The third kappa shape index (κ3) is 4.98. The van der Waals surface area contributed by atoms with Gasteiger partial charge in [-0.1, -0.05) is 31.5 Å². The number of hydrogen-bond acceptors (Lipinski definition) is 5. The second-order valence-corrected chi connectivity index (χ2v) is 8.87. The Kier molecular flexibility index (Phi) is 6.69. The molecule has 0 aliphatic carbocycles. The van der Waals surface area contributed by atoms with E-state index in [2.05, 4.69) is 29.4 Å². The zero-order chi connectivity index (χ0) is 19.4. The van der Waals surface area contributed by atoms with Crippen molar-refractivity contribution in [2.24, 2.45) is 0 Å². The third-order valence-corrected chi connectivity index (χ3v) is 6.60. The maximum atomic E-state index is 12.2. The molecule has 1 unspecified atom stereocenters. The van der Waals surface area contributed by atoms with Crippen LogP contribution in [0.25, 0.3) is 0 Å². The van der Waals surface area contributed by atoms with Crippen LogP contribution < -0.4 is 9.46 Å². The molecule has 0 bridgehead atoms. The molecule has 1 atom stereocenters. The Labute approximate surface area is 156 Å². The molecule has 1 aromatic rings. The Hall–Kier alpha value is -1.60. The summed E-state index contributed by atoms with van der Waals surface area (Å²) in [4.78, 5) is 11.2. The van der Waals surface area contributed by atoms with Crippen LogP contribution in [0.15, 0.2) is 18.2 Å². The topological polar surface area (TPSA) is 81.7 Å². The number of fused-ring (bicyclic) bond motifs is 1. The van der Waals surface area contributed by atoms with Crippen molar-refractivity contribution in [3.05, 3.63) is 29.3 Å². The molecule has 0 saturated heterocycles. The molecule has 6 nitrogen and oxygen atoms in total. The van der Waals surface area contributed by atoms with Gasteiger partial charge in [0.2, 0.25) is 10.0 Å². The number of hydrogen-bond donors (Lipinski definition) is 1. The van der Waals surface area contributed by atoms with Gasteiger partial charge >= 0.3 is 5.97 Å². The van der Waals surface area contributed by atoms with E-state index < -0.39 is 16.0 Å². The molecule has 0 spiro atoms. The minimum absolute atomic E-state index is 0.0362. The van der Waals surface area contributed by atoms with E-state index >= 15 is 0 Å². The van der Waals surface area contributed by atoms with Gasteiger partial charge in [-0.25, -0.2) is 13.1 Å². The average molecular weight is 384 g/mol. The van der Waals surface area contributed by atoms with Gasteiger partial charge in [-0.2, -0.15) is 0 Å². The van der Waals surface area contributed by atoms with Gasteiger partial charge in [0.1, 0.15) is 17.9 Å². The third-order valence-electron chi connectivity index (χ3n) is 5.24. The molecule has 1 aliphatic heterocycles. The summed E-state index contributed by atoms with van der Waals surface area (Å²) in [6, 6.07) is 6.09. The van der Waals surface area contributed by atoms with Crippen molar-refractivity contribution in [2.45, 2.75) is 58.0 Å². The first-order valence-electron chi connectivity index (χ1n) is 9.08. The van der Waals surface area contributed by atoms with Gasteiger partial charge in [0, 0.05) is 0 Å². The van der Waals surface area contributed by atoms with Gasteiger partial charge in [0.05, 0.1) is 12.9 Å². The molecule has 0 amide bonds. The number of rotatable bonds is 8. The van der Waals surface area contributed by atoms with E-state index in [1.807, 2.05) is 19.1 Å². The van der Waals surface area contributed by atoms with Gasteiger partial charge in [-0.3, -0.25) is 4.79 Å². The number of benzene rings is 1. The Balaban J connectivity index is 2.17.